The third-order valence-electron chi connectivity index (χ3n) is 7.97. The summed E-state index contributed by atoms with van der Waals surface area (Å²) in [5.74, 6) is 2.25. The lowest BCUT2D eigenvalue weighted by Gasteiger charge is -2.24. The van der Waals surface area contributed by atoms with Crippen LogP contribution in [-0.2, 0) is 37.2 Å². The molecule has 0 radical (unpaired) electrons. The summed E-state index contributed by atoms with van der Waals surface area (Å²) in [5.41, 5.74) is 5.61. The zero-order valence-electron chi connectivity index (χ0n) is 30.3. The van der Waals surface area contributed by atoms with E-state index in [4.69, 9.17) is 14.7 Å². The maximum absolute atomic E-state index is 4.93. The van der Waals surface area contributed by atoms with Crippen molar-refractivity contribution in [1.82, 2.24) is 19.9 Å². The van der Waals surface area contributed by atoms with Crippen molar-refractivity contribution in [2.45, 2.75) is 176 Å². The summed E-state index contributed by atoms with van der Waals surface area (Å²) >= 11 is 0. The van der Waals surface area contributed by atoms with E-state index in [0.29, 0.717) is 0 Å². The van der Waals surface area contributed by atoms with Gasteiger partial charge in [-0.2, -0.15) is 0 Å². The predicted octanol–water partition coefficient (Wildman–Crippen LogP) is 10.3. The number of aromatic nitrogens is 4. The van der Waals surface area contributed by atoms with Gasteiger partial charge in [-0.15, -0.1) is 0 Å². The number of aromatic amines is 2. The van der Waals surface area contributed by atoms with Gasteiger partial charge in [0.2, 0.25) is 0 Å². The topological polar surface area (TPSA) is 66.6 Å². The first kappa shape index (κ1) is 37.0. The third kappa shape index (κ3) is 10.3. The Bertz CT molecular complexity index is 965. The molecule has 3 heterocycles. The fourth-order valence-electron chi connectivity index (χ4n) is 4.23. The average molecular weight is 571 g/mol. The molecule has 5 nitrogen and oxygen atoms in total. The minimum atomic E-state index is 0.0845. The number of ether oxygens (including phenoxy) is 1. The molecule has 1 aliphatic heterocycles. The lowest BCUT2D eigenvalue weighted by molar-refractivity contribution is 0.281. The average Bonchev–Trinajstić information content (AvgIpc) is 3.58. The van der Waals surface area contributed by atoms with Crippen LogP contribution in [0, 0.1) is 0 Å². The molecule has 0 atom stereocenters. The Balaban J connectivity index is 0.000000349. The van der Waals surface area contributed by atoms with E-state index in [9.17, 15) is 0 Å². The van der Waals surface area contributed by atoms with Crippen LogP contribution < -0.4 is 0 Å². The van der Waals surface area contributed by atoms with Crippen molar-refractivity contribution in [3.63, 3.8) is 0 Å². The molecule has 2 aromatic rings. The molecule has 0 amide bonds. The number of rotatable bonds is 4. The van der Waals surface area contributed by atoms with Gasteiger partial charge >= 0.3 is 0 Å². The van der Waals surface area contributed by atoms with Gasteiger partial charge in [-0.1, -0.05) is 125 Å². The second-order valence-corrected chi connectivity index (χ2v) is 17.1. The third-order valence-corrected chi connectivity index (χ3v) is 7.97. The summed E-state index contributed by atoms with van der Waals surface area (Å²) in [5, 5.41) is 0. The monoisotopic (exact) mass is 571 g/mol. The van der Waals surface area contributed by atoms with Crippen LogP contribution in [0.25, 0.3) is 0 Å². The van der Waals surface area contributed by atoms with Crippen LogP contribution in [0.3, 0.4) is 0 Å². The van der Waals surface area contributed by atoms with Gasteiger partial charge in [-0.25, -0.2) is 9.97 Å². The van der Waals surface area contributed by atoms with Crippen molar-refractivity contribution < 1.29 is 4.74 Å². The zero-order chi connectivity index (χ0) is 32.2. The van der Waals surface area contributed by atoms with Crippen LogP contribution in [0.2, 0.25) is 0 Å². The predicted molar refractivity (Wildman–Crippen MR) is 178 cm³/mol. The van der Waals surface area contributed by atoms with Crippen LogP contribution in [0.5, 0.6) is 0 Å². The first-order valence-electron chi connectivity index (χ1n) is 15.8. The van der Waals surface area contributed by atoms with Crippen molar-refractivity contribution in [1.29, 1.82) is 0 Å². The van der Waals surface area contributed by atoms with E-state index >= 15 is 0 Å². The minimum Gasteiger partial charge on any atom is -0.501 e. The molecular formula is C36H66N4O. The highest BCUT2D eigenvalue weighted by molar-refractivity contribution is 5.31. The summed E-state index contributed by atoms with van der Waals surface area (Å²) in [6.07, 6.45) is 7.03. The molecule has 41 heavy (non-hydrogen) atoms. The Morgan fingerprint density at radius 2 is 0.927 bits per heavy atom. The van der Waals surface area contributed by atoms with Gasteiger partial charge in [-0.05, 0) is 18.9 Å². The van der Waals surface area contributed by atoms with E-state index in [-0.39, 0.29) is 32.5 Å². The molecule has 236 valence electrons. The highest BCUT2D eigenvalue weighted by atomic mass is 16.5. The van der Waals surface area contributed by atoms with E-state index in [1.165, 1.54) is 22.8 Å². The van der Waals surface area contributed by atoms with E-state index in [1.54, 1.807) is 6.26 Å². The van der Waals surface area contributed by atoms with Crippen LogP contribution in [0.15, 0.2) is 12.3 Å². The number of hydrogen-bond acceptors (Lipinski definition) is 3. The Hall–Kier alpha value is -2.04. The van der Waals surface area contributed by atoms with Crippen LogP contribution >= 0.6 is 0 Å². The molecule has 0 fully saturated rings. The first-order valence-corrected chi connectivity index (χ1v) is 15.8. The highest BCUT2D eigenvalue weighted by Crippen LogP contribution is 2.36. The second kappa shape index (κ2) is 13.1. The molecule has 2 N–H and O–H groups in total. The number of nitrogens with zero attached hydrogens (tertiary/aromatic N) is 2. The Morgan fingerprint density at radius 1 is 0.585 bits per heavy atom. The van der Waals surface area contributed by atoms with Gasteiger partial charge in [0, 0.05) is 50.3 Å². The van der Waals surface area contributed by atoms with Crippen molar-refractivity contribution >= 4 is 0 Å². The second-order valence-electron chi connectivity index (χ2n) is 17.1. The van der Waals surface area contributed by atoms with Gasteiger partial charge in [0.1, 0.15) is 11.6 Å². The Kier molecular flexibility index (Phi) is 11.8. The lowest BCUT2D eigenvalue weighted by Crippen LogP contribution is -2.21. The van der Waals surface area contributed by atoms with Gasteiger partial charge in [0.25, 0.3) is 0 Å². The number of hydrogen-bond donors (Lipinski definition) is 2. The van der Waals surface area contributed by atoms with Gasteiger partial charge < -0.3 is 14.7 Å². The minimum absolute atomic E-state index is 0.0845. The first-order chi connectivity index (χ1) is 18.3. The normalized spacial score (nSPS) is 14.7. The molecule has 0 aliphatic carbocycles. The maximum atomic E-state index is 4.93. The van der Waals surface area contributed by atoms with Crippen LogP contribution in [0.4, 0.5) is 0 Å². The Labute approximate surface area is 254 Å². The molecule has 0 bridgehead atoms. The number of imidazole rings is 2. The molecule has 0 spiro atoms. The molecular weight excluding hydrogens is 504 g/mol. The van der Waals surface area contributed by atoms with Gasteiger partial charge in [-0.3, -0.25) is 0 Å². The zero-order valence-corrected chi connectivity index (χ0v) is 30.3. The molecule has 3 rings (SSSR count). The summed E-state index contributed by atoms with van der Waals surface area (Å²) in [6, 6.07) is 0. The molecule has 0 unspecified atom stereocenters. The number of nitrogens with one attached hydrogen (secondary N) is 2. The molecule has 0 aromatic carbocycles. The Morgan fingerprint density at radius 3 is 1.07 bits per heavy atom. The largest absolute Gasteiger partial charge is 0.501 e. The summed E-state index contributed by atoms with van der Waals surface area (Å²) < 4.78 is 4.76. The lowest BCUT2D eigenvalue weighted by atomic mass is 9.82. The van der Waals surface area contributed by atoms with Crippen molar-refractivity contribution in [2.24, 2.45) is 0 Å². The molecule has 2 aromatic heterocycles. The molecule has 5 heteroatoms. The highest BCUT2D eigenvalue weighted by Gasteiger charge is 2.34. The number of H-pyrrole nitrogens is 2. The summed E-state index contributed by atoms with van der Waals surface area (Å²) in [6.45, 7) is 41.3. The fraction of sp³-hybridized carbons (Fsp3) is 0.778. The molecule has 0 saturated carbocycles. The summed E-state index contributed by atoms with van der Waals surface area (Å²) in [4.78, 5) is 17.1. The van der Waals surface area contributed by atoms with Crippen molar-refractivity contribution in [3.8, 4) is 0 Å². The van der Waals surface area contributed by atoms with E-state index in [0.717, 1.165) is 37.5 Å². The van der Waals surface area contributed by atoms with Crippen LogP contribution in [0.1, 0.15) is 178 Å². The van der Waals surface area contributed by atoms with E-state index in [2.05, 4.69) is 135 Å². The van der Waals surface area contributed by atoms with E-state index in [1.807, 2.05) is 6.08 Å². The van der Waals surface area contributed by atoms with Crippen LogP contribution in [-0.4, -0.2) is 26.5 Å². The molecule has 1 aliphatic rings. The smallest absolute Gasteiger partial charge is 0.112 e. The fourth-order valence-corrected chi connectivity index (χ4v) is 4.23. The van der Waals surface area contributed by atoms with E-state index < -0.39 is 0 Å². The van der Waals surface area contributed by atoms with Crippen molar-refractivity contribution in [2.75, 3.05) is 6.61 Å². The summed E-state index contributed by atoms with van der Waals surface area (Å²) in [7, 11) is 0. The maximum Gasteiger partial charge on any atom is 0.112 e. The SMILES string of the molecule is C1=COCC1.CCC(C)(C)c1nc(C(C)(C)C)c(C(C)(C)C)[nH]1.CCC(C)(C)c1nc(C(C)(C)C)c(C(C)(C)C)[nH]1. The van der Waals surface area contributed by atoms with Gasteiger partial charge in [0.05, 0.1) is 24.3 Å². The molecule has 0 saturated heterocycles. The quantitative estimate of drug-likeness (QED) is 0.384. The van der Waals surface area contributed by atoms with Gasteiger partial charge in [0.15, 0.2) is 0 Å². The van der Waals surface area contributed by atoms with Crippen molar-refractivity contribution in [3.05, 3.63) is 46.8 Å². The standard InChI is InChI=1S/2C16H30N2.C4H6O/c2*1-10-16(8,9)13-17-11(14(2,3)4)12(18-13)15(5,6)7;1-2-4-5-3-1/h2*10H2,1-9H3,(H,17,18);1,3H,2,4H2.